The van der Waals surface area contributed by atoms with E-state index in [-0.39, 0.29) is 17.2 Å². The molecule has 0 aliphatic heterocycles. The Morgan fingerprint density at radius 3 is 2.81 bits per heavy atom. The van der Waals surface area contributed by atoms with E-state index in [1.165, 1.54) is 17.3 Å². The lowest BCUT2D eigenvalue weighted by atomic mass is 9.89. The number of aryl methyl sites for hydroxylation is 1. The lowest BCUT2D eigenvalue weighted by Crippen LogP contribution is -2.41. The molecule has 1 N–H and O–H groups in total. The normalized spacial score (nSPS) is 13.8. The molecular weight excluding hydrogens is 362 g/mol. The number of amides is 1. The van der Waals surface area contributed by atoms with Crippen molar-refractivity contribution in [2.45, 2.75) is 57.0 Å². The molecular formula is C20H23N3OS2. The molecule has 0 radical (unpaired) electrons. The lowest BCUT2D eigenvalue weighted by Gasteiger charge is -2.22. The highest BCUT2D eigenvalue weighted by Crippen LogP contribution is 2.39. The van der Waals surface area contributed by atoms with Gasteiger partial charge in [-0.3, -0.25) is 4.79 Å². The predicted molar refractivity (Wildman–Crippen MR) is 108 cm³/mol. The summed E-state index contributed by atoms with van der Waals surface area (Å²) in [5, 5.41) is 15.5. The Bertz CT molecular complexity index is 845. The molecule has 0 aromatic carbocycles. The SMILES string of the molecule is CC(C)(C)NC(=O)CSc1nc2c(c(-c3cccs3)c1C#N)CCCC2. The topological polar surface area (TPSA) is 65.8 Å². The fourth-order valence-electron chi connectivity index (χ4n) is 3.21. The Morgan fingerprint density at radius 1 is 1.38 bits per heavy atom. The zero-order valence-corrected chi connectivity index (χ0v) is 17.0. The van der Waals surface area contributed by atoms with Crippen molar-refractivity contribution in [3.8, 4) is 16.5 Å². The number of thiophene rings is 1. The fourth-order valence-corrected chi connectivity index (χ4v) is 4.82. The van der Waals surface area contributed by atoms with Crippen LogP contribution in [-0.4, -0.2) is 22.2 Å². The van der Waals surface area contributed by atoms with Gasteiger partial charge in [0.15, 0.2) is 0 Å². The summed E-state index contributed by atoms with van der Waals surface area (Å²) < 4.78 is 0. The molecule has 0 unspecified atom stereocenters. The average Bonchev–Trinajstić information content (AvgIpc) is 3.11. The van der Waals surface area contributed by atoms with Gasteiger partial charge in [-0.15, -0.1) is 11.3 Å². The maximum atomic E-state index is 12.2. The Balaban J connectivity index is 1.97. The molecule has 136 valence electrons. The van der Waals surface area contributed by atoms with Crippen molar-refractivity contribution < 1.29 is 4.79 Å². The second-order valence-electron chi connectivity index (χ2n) is 7.48. The quantitative estimate of drug-likeness (QED) is 0.783. The zero-order chi connectivity index (χ0) is 18.7. The van der Waals surface area contributed by atoms with Crippen LogP contribution in [0.25, 0.3) is 10.4 Å². The van der Waals surface area contributed by atoms with Gasteiger partial charge in [-0.25, -0.2) is 4.98 Å². The minimum Gasteiger partial charge on any atom is -0.351 e. The van der Waals surface area contributed by atoms with Gasteiger partial charge in [0.25, 0.3) is 0 Å². The monoisotopic (exact) mass is 385 g/mol. The Kier molecular flexibility index (Phi) is 5.69. The third-order valence-electron chi connectivity index (χ3n) is 4.17. The first-order valence-electron chi connectivity index (χ1n) is 8.82. The molecule has 2 aromatic heterocycles. The molecule has 1 amide bonds. The van der Waals surface area contributed by atoms with Gasteiger partial charge in [0.05, 0.1) is 11.3 Å². The number of thioether (sulfide) groups is 1. The van der Waals surface area contributed by atoms with Crippen LogP contribution in [-0.2, 0) is 17.6 Å². The van der Waals surface area contributed by atoms with E-state index in [4.69, 9.17) is 4.98 Å². The molecule has 6 heteroatoms. The number of fused-ring (bicyclic) bond motifs is 1. The maximum absolute atomic E-state index is 12.2. The molecule has 3 rings (SSSR count). The van der Waals surface area contributed by atoms with E-state index in [0.29, 0.717) is 10.6 Å². The van der Waals surface area contributed by atoms with Crippen LogP contribution in [0.3, 0.4) is 0 Å². The number of pyridine rings is 1. The van der Waals surface area contributed by atoms with Crippen molar-refractivity contribution in [2.75, 3.05) is 5.75 Å². The van der Waals surface area contributed by atoms with E-state index in [9.17, 15) is 10.1 Å². The van der Waals surface area contributed by atoms with E-state index in [1.807, 2.05) is 32.2 Å². The first kappa shape index (κ1) is 18.9. The van der Waals surface area contributed by atoms with Gasteiger partial charge >= 0.3 is 0 Å². The van der Waals surface area contributed by atoms with Crippen molar-refractivity contribution in [1.82, 2.24) is 10.3 Å². The summed E-state index contributed by atoms with van der Waals surface area (Å²) in [6.45, 7) is 5.88. The Labute approximate surface area is 163 Å². The standard InChI is InChI=1S/C20H23N3OS2/c1-20(2,3)23-17(24)12-26-19-14(11-21)18(16-9-6-10-25-16)13-7-4-5-8-15(13)22-19/h6,9-10H,4-5,7-8,12H2,1-3H3,(H,23,24). The molecule has 1 aliphatic rings. The number of aromatic nitrogens is 1. The third-order valence-corrected chi connectivity index (χ3v) is 6.04. The van der Waals surface area contributed by atoms with Gasteiger partial charge in [0.1, 0.15) is 11.1 Å². The second-order valence-corrected chi connectivity index (χ2v) is 9.39. The van der Waals surface area contributed by atoms with Crippen molar-refractivity contribution in [1.29, 1.82) is 5.26 Å². The molecule has 0 spiro atoms. The summed E-state index contributed by atoms with van der Waals surface area (Å²) in [4.78, 5) is 18.1. The first-order valence-corrected chi connectivity index (χ1v) is 10.7. The second kappa shape index (κ2) is 7.81. The number of carbonyl (C=O) groups is 1. The summed E-state index contributed by atoms with van der Waals surface area (Å²) in [6.07, 6.45) is 4.18. The predicted octanol–water partition coefficient (Wildman–Crippen LogP) is 4.57. The summed E-state index contributed by atoms with van der Waals surface area (Å²) >= 11 is 3.02. The van der Waals surface area contributed by atoms with Crippen LogP contribution in [0.5, 0.6) is 0 Å². The highest BCUT2D eigenvalue weighted by atomic mass is 32.2. The molecule has 26 heavy (non-hydrogen) atoms. The molecule has 0 fully saturated rings. The third kappa shape index (κ3) is 4.28. The largest absolute Gasteiger partial charge is 0.351 e. The van der Waals surface area contributed by atoms with E-state index in [1.54, 1.807) is 11.3 Å². The smallest absolute Gasteiger partial charge is 0.230 e. The molecule has 0 bridgehead atoms. The Morgan fingerprint density at radius 2 is 2.15 bits per heavy atom. The molecule has 4 nitrogen and oxygen atoms in total. The van der Waals surface area contributed by atoms with Crippen LogP contribution in [0.4, 0.5) is 0 Å². The molecule has 2 heterocycles. The van der Waals surface area contributed by atoms with E-state index in [0.717, 1.165) is 41.8 Å². The van der Waals surface area contributed by atoms with Crippen molar-refractivity contribution in [3.63, 3.8) is 0 Å². The molecule has 0 saturated heterocycles. The van der Waals surface area contributed by atoms with Crippen LogP contribution in [0.2, 0.25) is 0 Å². The molecule has 0 atom stereocenters. The van der Waals surface area contributed by atoms with Gasteiger partial charge in [-0.05, 0) is 63.5 Å². The summed E-state index contributed by atoms with van der Waals surface area (Å²) in [5.41, 5.74) is 3.70. The van der Waals surface area contributed by atoms with Crippen LogP contribution in [0.1, 0.15) is 50.4 Å². The molecule has 1 aliphatic carbocycles. The zero-order valence-electron chi connectivity index (χ0n) is 15.4. The molecule has 0 saturated carbocycles. The number of carbonyl (C=O) groups excluding carboxylic acids is 1. The van der Waals surface area contributed by atoms with Gasteiger partial charge in [-0.1, -0.05) is 17.8 Å². The van der Waals surface area contributed by atoms with Crippen LogP contribution in [0, 0.1) is 11.3 Å². The summed E-state index contributed by atoms with van der Waals surface area (Å²) in [5.74, 6) is 0.227. The minimum atomic E-state index is -0.263. The van der Waals surface area contributed by atoms with Crippen molar-refractivity contribution >= 4 is 29.0 Å². The van der Waals surface area contributed by atoms with E-state index in [2.05, 4.69) is 17.5 Å². The lowest BCUT2D eigenvalue weighted by molar-refractivity contribution is -0.119. The number of hydrogen-bond donors (Lipinski definition) is 1. The minimum absolute atomic E-state index is 0.0383. The van der Waals surface area contributed by atoms with E-state index >= 15 is 0 Å². The average molecular weight is 386 g/mol. The summed E-state index contributed by atoms with van der Waals surface area (Å²) in [7, 11) is 0. The van der Waals surface area contributed by atoms with Crippen LogP contribution >= 0.6 is 23.1 Å². The number of rotatable bonds is 4. The summed E-state index contributed by atoms with van der Waals surface area (Å²) in [6, 6.07) is 6.45. The number of nitriles is 1. The Hall–Kier alpha value is -1.84. The first-order chi connectivity index (χ1) is 12.4. The van der Waals surface area contributed by atoms with Crippen molar-refractivity contribution in [2.24, 2.45) is 0 Å². The van der Waals surface area contributed by atoms with Crippen molar-refractivity contribution in [3.05, 3.63) is 34.3 Å². The van der Waals surface area contributed by atoms with Gasteiger partial charge in [0.2, 0.25) is 5.91 Å². The number of nitrogens with one attached hydrogen (secondary N) is 1. The van der Waals surface area contributed by atoms with Gasteiger partial charge in [-0.2, -0.15) is 5.26 Å². The highest BCUT2D eigenvalue weighted by Gasteiger charge is 2.24. The van der Waals surface area contributed by atoms with Gasteiger partial charge < -0.3 is 5.32 Å². The number of hydrogen-bond acceptors (Lipinski definition) is 5. The van der Waals surface area contributed by atoms with E-state index < -0.39 is 0 Å². The maximum Gasteiger partial charge on any atom is 0.230 e. The van der Waals surface area contributed by atoms with Gasteiger partial charge in [0, 0.05) is 21.7 Å². The van der Waals surface area contributed by atoms with Crippen LogP contribution in [0.15, 0.2) is 22.5 Å². The molecule has 2 aromatic rings. The highest BCUT2D eigenvalue weighted by molar-refractivity contribution is 8.00. The van der Waals surface area contributed by atoms with Crippen LogP contribution < -0.4 is 5.32 Å². The number of nitrogens with zero attached hydrogens (tertiary/aromatic N) is 2. The fraction of sp³-hybridized carbons (Fsp3) is 0.450.